The van der Waals surface area contributed by atoms with E-state index in [0.29, 0.717) is 12.4 Å². The zero-order valence-corrected chi connectivity index (χ0v) is 15.3. The van der Waals surface area contributed by atoms with E-state index in [-0.39, 0.29) is 4.90 Å². The highest BCUT2D eigenvalue weighted by Gasteiger charge is 2.14. The molecule has 0 aromatic heterocycles. The van der Waals surface area contributed by atoms with Gasteiger partial charge in [0, 0.05) is 14.3 Å². The van der Waals surface area contributed by atoms with Gasteiger partial charge in [0.25, 0.3) is 9.05 Å². The monoisotopic (exact) mass is 436 g/mol. The van der Waals surface area contributed by atoms with Gasteiger partial charge in [-0.1, -0.05) is 12.1 Å². The third kappa shape index (κ3) is 4.34. The summed E-state index contributed by atoms with van der Waals surface area (Å²) < 4.78 is 29.8. The van der Waals surface area contributed by atoms with Crippen molar-refractivity contribution in [1.29, 1.82) is 0 Å². The Bertz CT molecular complexity index is 732. The summed E-state index contributed by atoms with van der Waals surface area (Å²) in [5.41, 5.74) is 2.56. The molecule has 0 aliphatic rings. The van der Waals surface area contributed by atoms with Crippen molar-refractivity contribution in [3.05, 3.63) is 56.7 Å². The van der Waals surface area contributed by atoms with Gasteiger partial charge in [0.1, 0.15) is 12.4 Å². The predicted octanol–water partition coefficient (Wildman–Crippen LogP) is 4.41. The number of rotatable bonds is 4. The number of ether oxygens (including phenoxy) is 1. The number of hydrogen-bond acceptors (Lipinski definition) is 3. The van der Waals surface area contributed by atoms with Crippen molar-refractivity contribution in [2.24, 2.45) is 0 Å². The van der Waals surface area contributed by atoms with E-state index < -0.39 is 9.05 Å². The normalized spacial score (nSPS) is 11.4. The first kappa shape index (κ1) is 16.6. The maximum Gasteiger partial charge on any atom is 0.261 e. The summed E-state index contributed by atoms with van der Waals surface area (Å²) in [5.74, 6) is 0.692. The third-order valence-electron chi connectivity index (χ3n) is 3.01. The van der Waals surface area contributed by atoms with Crippen LogP contribution in [0, 0.1) is 17.4 Å². The van der Waals surface area contributed by atoms with Crippen LogP contribution in [-0.4, -0.2) is 8.42 Å². The second-order valence-electron chi connectivity index (χ2n) is 4.74. The van der Waals surface area contributed by atoms with E-state index in [4.69, 9.17) is 15.4 Å². The zero-order valence-electron chi connectivity index (χ0n) is 11.6. The lowest BCUT2D eigenvalue weighted by molar-refractivity contribution is 0.301. The highest BCUT2D eigenvalue weighted by molar-refractivity contribution is 14.1. The number of halogens is 2. The van der Waals surface area contributed by atoms with Crippen molar-refractivity contribution in [3.8, 4) is 5.75 Å². The first-order valence-electron chi connectivity index (χ1n) is 6.20. The Labute approximate surface area is 142 Å². The molecule has 0 saturated heterocycles. The lowest BCUT2D eigenvalue weighted by Crippen LogP contribution is -2.01. The predicted molar refractivity (Wildman–Crippen MR) is 92.4 cm³/mol. The van der Waals surface area contributed by atoms with Gasteiger partial charge >= 0.3 is 0 Å². The van der Waals surface area contributed by atoms with Crippen LogP contribution in [-0.2, 0) is 15.7 Å². The molecule has 0 fully saturated rings. The van der Waals surface area contributed by atoms with E-state index in [1.807, 2.05) is 38.1 Å². The van der Waals surface area contributed by atoms with Crippen LogP contribution in [0.3, 0.4) is 0 Å². The van der Waals surface area contributed by atoms with Gasteiger partial charge in [-0.05, 0) is 77.4 Å². The van der Waals surface area contributed by atoms with Gasteiger partial charge in [0.05, 0.1) is 4.90 Å². The van der Waals surface area contributed by atoms with Crippen LogP contribution in [0.5, 0.6) is 5.75 Å². The van der Waals surface area contributed by atoms with Crippen molar-refractivity contribution >= 4 is 42.3 Å². The fourth-order valence-corrected chi connectivity index (χ4v) is 3.28. The number of aryl methyl sites for hydroxylation is 2. The molecule has 6 heteroatoms. The summed E-state index contributed by atoms with van der Waals surface area (Å²) in [6.45, 7) is 4.05. The van der Waals surface area contributed by atoms with E-state index in [1.165, 1.54) is 15.7 Å². The molecule has 3 nitrogen and oxygen atoms in total. The summed E-state index contributed by atoms with van der Waals surface area (Å²) in [5, 5.41) is 0. The molecule has 0 aliphatic heterocycles. The topological polar surface area (TPSA) is 43.4 Å². The van der Waals surface area contributed by atoms with Crippen LogP contribution >= 0.6 is 33.3 Å². The van der Waals surface area contributed by atoms with Crippen LogP contribution in [0.2, 0.25) is 0 Å². The molecule has 0 spiro atoms. The summed E-state index contributed by atoms with van der Waals surface area (Å²) in [7, 11) is 1.65. The highest BCUT2D eigenvalue weighted by Crippen LogP contribution is 2.29. The molecule has 21 heavy (non-hydrogen) atoms. The number of benzene rings is 2. The molecule has 0 radical (unpaired) electrons. The lowest BCUT2D eigenvalue weighted by atomic mass is 10.1. The Morgan fingerprint density at radius 1 is 1.10 bits per heavy atom. The number of hydrogen-bond donors (Lipinski definition) is 0. The molecule has 0 atom stereocenters. The average molecular weight is 437 g/mol. The van der Waals surface area contributed by atoms with E-state index in [2.05, 4.69) is 22.6 Å². The van der Waals surface area contributed by atoms with Gasteiger partial charge in [0.2, 0.25) is 0 Å². The third-order valence-corrected chi connectivity index (χ3v) is 5.06. The van der Waals surface area contributed by atoms with E-state index in [0.717, 1.165) is 16.7 Å². The van der Waals surface area contributed by atoms with Crippen molar-refractivity contribution in [1.82, 2.24) is 0 Å². The molecule has 112 valence electrons. The fourth-order valence-electron chi connectivity index (χ4n) is 2.02. The largest absolute Gasteiger partial charge is 0.488 e. The summed E-state index contributed by atoms with van der Waals surface area (Å²) >= 11 is 2.25. The minimum Gasteiger partial charge on any atom is -0.488 e. The summed E-state index contributed by atoms with van der Waals surface area (Å²) in [6, 6.07) is 11.1. The standard InChI is InChI=1S/C15H14ClIO3S/c1-10-7-14(21(16,18)19)8-11(2)15(10)20-9-12-3-5-13(17)6-4-12/h3-8H,9H2,1-2H3. The minimum atomic E-state index is -3.72. The molecule has 0 unspecified atom stereocenters. The quantitative estimate of drug-likeness (QED) is 0.526. The van der Waals surface area contributed by atoms with Crippen molar-refractivity contribution < 1.29 is 13.2 Å². The van der Waals surface area contributed by atoms with Crippen LogP contribution in [0.25, 0.3) is 0 Å². The van der Waals surface area contributed by atoms with Crippen molar-refractivity contribution in [2.45, 2.75) is 25.3 Å². The Morgan fingerprint density at radius 2 is 1.62 bits per heavy atom. The van der Waals surface area contributed by atoms with Crippen LogP contribution in [0.15, 0.2) is 41.3 Å². The summed E-state index contributed by atoms with van der Waals surface area (Å²) in [6.07, 6.45) is 0. The SMILES string of the molecule is Cc1cc(S(=O)(=O)Cl)cc(C)c1OCc1ccc(I)cc1. The van der Waals surface area contributed by atoms with Gasteiger partial charge in [0.15, 0.2) is 0 Å². The van der Waals surface area contributed by atoms with Crippen LogP contribution in [0.1, 0.15) is 16.7 Å². The fraction of sp³-hybridized carbons (Fsp3) is 0.200. The minimum absolute atomic E-state index is 0.0979. The molecule has 0 aliphatic carbocycles. The molecule has 0 bridgehead atoms. The van der Waals surface area contributed by atoms with Gasteiger partial charge < -0.3 is 4.74 Å². The molecule has 2 aromatic carbocycles. The molecule has 2 aromatic rings. The highest BCUT2D eigenvalue weighted by atomic mass is 127. The van der Waals surface area contributed by atoms with Gasteiger partial charge in [-0.25, -0.2) is 8.42 Å². The Hall–Kier alpha value is -0.790. The first-order valence-corrected chi connectivity index (χ1v) is 9.59. The second-order valence-corrected chi connectivity index (χ2v) is 8.55. The Morgan fingerprint density at radius 3 is 2.10 bits per heavy atom. The Balaban J connectivity index is 2.23. The average Bonchev–Trinajstić information content (AvgIpc) is 2.38. The molecule has 0 amide bonds. The first-order chi connectivity index (χ1) is 9.77. The second kappa shape index (κ2) is 6.54. The molecular formula is C15H14ClIO3S. The maximum atomic E-state index is 11.4. The molecular weight excluding hydrogens is 423 g/mol. The van der Waals surface area contributed by atoms with Crippen LogP contribution < -0.4 is 4.74 Å². The van der Waals surface area contributed by atoms with Crippen LogP contribution in [0.4, 0.5) is 0 Å². The zero-order chi connectivity index (χ0) is 15.6. The maximum absolute atomic E-state index is 11.4. The Kier molecular flexibility index (Phi) is 5.16. The van der Waals surface area contributed by atoms with Gasteiger partial charge in [-0.3, -0.25) is 0 Å². The van der Waals surface area contributed by atoms with Gasteiger partial charge in [-0.2, -0.15) is 0 Å². The van der Waals surface area contributed by atoms with Crippen molar-refractivity contribution in [2.75, 3.05) is 0 Å². The van der Waals surface area contributed by atoms with Gasteiger partial charge in [-0.15, -0.1) is 0 Å². The molecule has 0 heterocycles. The van der Waals surface area contributed by atoms with E-state index in [9.17, 15) is 8.42 Å². The van der Waals surface area contributed by atoms with E-state index >= 15 is 0 Å². The summed E-state index contributed by atoms with van der Waals surface area (Å²) in [4.78, 5) is 0.0979. The molecule has 0 saturated carbocycles. The van der Waals surface area contributed by atoms with Crippen molar-refractivity contribution in [3.63, 3.8) is 0 Å². The molecule has 2 rings (SSSR count). The van der Waals surface area contributed by atoms with E-state index in [1.54, 1.807) is 0 Å². The molecule has 0 N–H and O–H groups in total. The lowest BCUT2D eigenvalue weighted by Gasteiger charge is -2.13. The smallest absolute Gasteiger partial charge is 0.261 e.